The predicted octanol–water partition coefficient (Wildman–Crippen LogP) is 3.23. The molecule has 10 heavy (non-hydrogen) atoms. The molecule has 0 aliphatic carbocycles. The largest absolute Gasteiger partial charge is 0.135 e. The van der Waals surface area contributed by atoms with Crippen molar-refractivity contribution in [3.05, 3.63) is 8.47 Å². The van der Waals surface area contributed by atoms with Gasteiger partial charge in [-0.2, -0.15) is 0 Å². The zero-order chi connectivity index (χ0) is 7.72. The molecule has 0 saturated heterocycles. The molecule has 0 spiro atoms. The van der Waals surface area contributed by atoms with Gasteiger partial charge in [-0.3, -0.25) is 0 Å². The van der Waals surface area contributed by atoms with E-state index in [-0.39, 0.29) is 0 Å². The van der Waals surface area contributed by atoms with E-state index in [0.29, 0.717) is 10.5 Å². The Kier molecular flexibility index (Phi) is 3.41. The third kappa shape index (κ3) is 2.06. The molecule has 0 aromatic carbocycles. The van der Waals surface area contributed by atoms with Crippen LogP contribution in [0.2, 0.25) is 0 Å². The van der Waals surface area contributed by atoms with Gasteiger partial charge in [0.1, 0.15) is 0 Å². The molecular formula is C6H10S4. The highest BCUT2D eigenvalue weighted by Gasteiger charge is 2.21. The van der Waals surface area contributed by atoms with Crippen molar-refractivity contribution in [1.29, 1.82) is 0 Å². The molecule has 0 saturated carbocycles. The predicted molar refractivity (Wildman–Crippen MR) is 59.1 cm³/mol. The molecule has 0 aromatic heterocycles. The Bertz CT molecular complexity index is 145. The van der Waals surface area contributed by atoms with Crippen LogP contribution in [0.1, 0.15) is 13.8 Å². The van der Waals surface area contributed by atoms with Crippen molar-refractivity contribution in [2.75, 3.05) is 0 Å². The molecule has 0 bridgehead atoms. The maximum absolute atomic E-state index is 4.30. The molecule has 0 amide bonds. The van der Waals surface area contributed by atoms with Crippen molar-refractivity contribution in [2.45, 2.75) is 24.3 Å². The minimum absolute atomic E-state index is 0.661. The van der Waals surface area contributed by atoms with E-state index in [1.807, 2.05) is 0 Å². The normalized spacial score (nSPS) is 34.8. The second-order valence-corrected chi connectivity index (χ2v) is 6.53. The topological polar surface area (TPSA) is 0 Å². The van der Waals surface area contributed by atoms with Crippen molar-refractivity contribution < 1.29 is 0 Å². The summed E-state index contributed by atoms with van der Waals surface area (Å²) in [5.74, 6) is 0. The average molecular weight is 210 g/mol. The summed E-state index contributed by atoms with van der Waals surface area (Å²) in [7, 11) is 0. The van der Waals surface area contributed by atoms with E-state index in [1.165, 1.54) is 0 Å². The van der Waals surface area contributed by atoms with Crippen LogP contribution in [0.25, 0.3) is 0 Å². The fourth-order valence-electron chi connectivity index (χ4n) is 0.645. The van der Waals surface area contributed by atoms with Gasteiger partial charge in [0.25, 0.3) is 0 Å². The fraction of sp³-hybridized carbons (Fsp3) is 0.667. The summed E-state index contributed by atoms with van der Waals surface area (Å²) < 4.78 is 2.14. The molecule has 58 valence electrons. The summed E-state index contributed by atoms with van der Waals surface area (Å²) in [4.78, 5) is 0. The SMILES string of the molecule is C[C@H]1SC(S)=C(S)S[C@@H]1C. The van der Waals surface area contributed by atoms with E-state index in [9.17, 15) is 0 Å². The Hall–Kier alpha value is 1.14. The number of hydrogen-bond acceptors (Lipinski definition) is 4. The molecular weight excluding hydrogens is 200 g/mol. The number of hydrogen-bond donors (Lipinski definition) is 2. The monoisotopic (exact) mass is 210 g/mol. The molecule has 0 fully saturated rings. The van der Waals surface area contributed by atoms with Crippen LogP contribution in [0.4, 0.5) is 0 Å². The molecule has 0 nitrogen and oxygen atoms in total. The number of thiol groups is 2. The van der Waals surface area contributed by atoms with Gasteiger partial charge < -0.3 is 0 Å². The Morgan fingerprint density at radius 3 is 1.60 bits per heavy atom. The first-order valence-electron chi connectivity index (χ1n) is 3.06. The lowest BCUT2D eigenvalue weighted by molar-refractivity contribution is 0.931. The summed E-state index contributed by atoms with van der Waals surface area (Å²) in [5, 5.41) is 1.32. The third-order valence-corrected chi connectivity index (χ3v) is 5.71. The number of thioether (sulfide) groups is 2. The van der Waals surface area contributed by atoms with Crippen LogP contribution in [0.3, 0.4) is 0 Å². The highest BCUT2D eigenvalue weighted by Crippen LogP contribution is 2.45. The van der Waals surface area contributed by atoms with E-state index in [1.54, 1.807) is 23.5 Å². The van der Waals surface area contributed by atoms with E-state index in [4.69, 9.17) is 0 Å². The molecule has 1 aliphatic rings. The van der Waals surface area contributed by atoms with Gasteiger partial charge in [0, 0.05) is 10.5 Å². The van der Waals surface area contributed by atoms with E-state index >= 15 is 0 Å². The zero-order valence-electron chi connectivity index (χ0n) is 5.87. The second kappa shape index (κ2) is 3.70. The van der Waals surface area contributed by atoms with Crippen molar-refractivity contribution in [3.63, 3.8) is 0 Å². The van der Waals surface area contributed by atoms with E-state index in [2.05, 4.69) is 39.1 Å². The quantitative estimate of drug-likeness (QED) is 0.589. The van der Waals surface area contributed by atoms with Crippen molar-refractivity contribution in [1.82, 2.24) is 0 Å². The smallest absolute Gasteiger partial charge is 0.0572 e. The van der Waals surface area contributed by atoms with Crippen molar-refractivity contribution in [2.24, 2.45) is 0 Å². The van der Waals surface area contributed by atoms with Crippen molar-refractivity contribution in [3.8, 4) is 0 Å². The fourth-order valence-corrected chi connectivity index (χ4v) is 3.87. The van der Waals surface area contributed by atoms with Gasteiger partial charge in [-0.25, -0.2) is 0 Å². The summed E-state index contributed by atoms with van der Waals surface area (Å²) in [6.07, 6.45) is 0. The summed E-state index contributed by atoms with van der Waals surface area (Å²) in [6.45, 7) is 4.44. The van der Waals surface area contributed by atoms with E-state index < -0.39 is 0 Å². The van der Waals surface area contributed by atoms with Crippen LogP contribution in [0, 0.1) is 0 Å². The van der Waals surface area contributed by atoms with Gasteiger partial charge in [0.05, 0.1) is 8.47 Å². The third-order valence-electron chi connectivity index (χ3n) is 1.44. The van der Waals surface area contributed by atoms with Crippen LogP contribution in [-0.4, -0.2) is 10.5 Å². The summed E-state index contributed by atoms with van der Waals surface area (Å²) in [6, 6.07) is 0. The standard InChI is InChI=1S/C6H10S4/c1-3-4(2)10-6(8)5(7)9-3/h3-4,7-8H,1-2H3/t3-,4-/m1/s1. The lowest BCUT2D eigenvalue weighted by Crippen LogP contribution is -2.14. The maximum Gasteiger partial charge on any atom is 0.0572 e. The minimum Gasteiger partial charge on any atom is -0.135 e. The van der Waals surface area contributed by atoms with Crippen LogP contribution < -0.4 is 0 Å². The molecule has 1 heterocycles. The summed E-state index contributed by atoms with van der Waals surface area (Å²) in [5.41, 5.74) is 0. The summed E-state index contributed by atoms with van der Waals surface area (Å²) >= 11 is 12.2. The van der Waals surface area contributed by atoms with Gasteiger partial charge in [-0.1, -0.05) is 13.8 Å². The second-order valence-electron chi connectivity index (χ2n) is 2.26. The maximum atomic E-state index is 4.30. The lowest BCUT2D eigenvalue weighted by atomic mass is 10.4. The van der Waals surface area contributed by atoms with Crippen LogP contribution in [-0.2, 0) is 0 Å². The first-order chi connectivity index (χ1) is 4.61. The van der Waals surface area contributed by atoms with Crippen LogP contribution in [0.15, 0.2) is 8.47 Å². The molecule has 4 heteroatoms. The first kappa shape index (κ1) is 9.23. The molecule has 0 unspecified atom stereocenters. The molecule has 0 radical (unpaired) electrons. The lowest BCUT2D eigenvalue weighted by Gasteiger charge is -2.24. The Morgan fingerprint density at radius 1 is 1.00 bits per heavy atom. The van der Waals surface area contributed by atoms with Crippen molar-refractivity contribution >= 4 is 48.8 Å². The molecule has 2 atom stereocenters. The Labute approximate surface area is 81.4 Å². The molecule has 1 aliphatic heterocycles. The van der Waals surface area contributed by atoms with Gasteiger partial charge in [-0.15, -0.1) is 48.8 Å². The molecule has 0 N–H and O–H groups in total. The van der Waals surface area contributed by atoms with Crippen LogP contribution >= 0.6 is 48.8 Å². The highest BCUT2D eigenvalue weighted by atomic mass is 32.2. The van der Waals surface area contributed by atoms with Gasteiger partial charge >= 0.3 is 0 Å². The molecule has 1 rings (SSSR count). The minimum atomic E-state index is 0.661. The average Bonchev–Trinajstić information content (AvgIpc) is 1.84. The highest BCUT2D eigenvalue weighted by molar-refractivity contribution is 8.24. The Morgan fingerprint density at radius 2 is 1.30 bits per heavy atom. The Balaban J connectivity index is 2.69. The first-order valence-corrected chi connectivity index (χ1v) is 5.72. The molecule has 0 aromatic rings. The number of rotatable bonds is 0. The van der Waals surface area contributed by atoms with Crippen LogP contribution in [0.5, 0.6) is 0 Å². The van der Waals surface area contributed by atoms with Gasteiger partial charge in [0.15, 0.2) is 0 Å². The van der Waals surface area contributed by atoms with Gasteiger partial charge in [0.2, 0.25) is 0 Å². The zero-order valence-corrected chi connectivity index (χ0v) is 9.29. The van der Waals surface area contributed by atoms with Gasteiger partial charge in [-0.05, 0) is 0 Å². The van der Waals surface area contributed by atoms with E-state index in [0.717, 1.165) is 8.47 Å².